The van der Waals surface area contributed by atoms with Crippen molar-refractivity contribution in [3.8, 4) is 0 Å². The molecule has 0 saturated carbocycles. The van der Waals surface area contributed by atoms with Gasteiger partial charge >= 0.3 is 0 Å². The van der Waals surface area contributed by atoms with Gasteiger partial charge in [-0.15, -0.1) is 0 Å². The molecule has 1 N–H and O–H groups in total. The van der Waals surface area contributed by atoms with E-state index in [1.165, 1.54) is 0 Å². The minimum atomic E-state index is -0.691. The summed E-state index contributed by atoms with van der Waals surface area (Å²) in [6.45, 7) is 5.71. The zero-order valence-corrected chi connectivity index (χ0v) is 9.22. The fourth-order valence-electron chi connectivity index (χ4n) is 0.909. The molecule has 0 amide bonds. The molecule has 11 heavy (non-hydrogen) atoms. The predicted molar refractivity (Wildman–Crippen MR) is 44.6 cm³/mol. The summed E-state index contributed by atoms with van der Waals surface area (Å²) in [7, 11) is 1.71. The number of aliphatic hydroxyl groups is 1. The predicted octanol–water partition coefficient (Wildman–Crippen LogP) is 1.63. The average Bonchev–Trinajstić information content (AvgIpc) is 1.86. The van der Waals surface area contributed by atoms with Crippen molar-refractivity contribution in [2.75, 3.05) is 7.05 Å². The molecule has 0 aliphatic carbocycles. The third kappa shape index (κ3) is 5.16. The van der Waals surface area contributed by atoms with Crippen molar-refractivity contribution in [2.24, 2.45) is 4.99 Å². The first-order valence-electron chi connectivity index (χ1n) is 3.71. The molecule has 0 aromatic rings. The summed E-state index contributed by atoms with van der Waals surface area (Å²) in [5.41, 5.74) is 0.123. The van der Waals surface area contributed by atoms with Crippen molar-refractivity contribution in [2.45, 2.75) is 39.2 Å². The van der Waals surface area contributed by atoms with Crippen LogP contribution in [0.15, 0.2) is 4.99 Å². The maximum atomic E-state index is 9.65. The molecular weight excluding hydrogens is 301 g/mol. The molecule has 0 heterocycles. The van der Waals surface area contributed by atoms with Crippen LogP contribution in [0, 0.1) is 36.9 Å². The number of hydrogen-bond donors (Lipinski definition) is 1. The summed E-state index contributed by atoms with van der Waals surface area (Å²) >= 11 is 0. The van der Waals surface area contributed by atoms with Gasteiger partial charge in [-0.25, -0.2) is 0 Å². The van der Waals surface area contributed by atoms with E-state index in [1.807, 2.05) is 6.92 Å². The van der Waals surface area contributed by atoms with E-state index in [2.05, 4.69) is 11.9 Å². The Morgan fingerprint density at radius 1 is 1.55 bits per heavy atom. The van der Waals surface area contributed by atoms with Crippen molar-refractivity contribution < 1.29 is 42.0 Å². The van der Waals surface area contributed by atoms with Crippen molar-refractivity contribution in [3.63, 3.8) is 0 Å². The molecule has 0 rings (SSSR count). The van der Waals surface area contributed by atoms with Crippen LogP contribution in [0.3, 0.4) is 0 Å². The van der Waals surface area contributed by atoms with Crippen LogP contribution in [0.5, 0.6) is 0 Å². The van der Waals surface area contributed by atoms with Crippen molar-refractivity contribution in [1.82, 2.24) is 0 Å². The largest absolute Gasteiger partial charge is 0.384 e. The molecule has 1 radical (unpaired) electrons. The van der Waals surface area contributed by atoms with Gasteiger partial charge < -0.3 is 5.11 Å². The summed E-state index contributed by atoms with van der Waals surface area (Å²) in [6.07, 6.45) is 1.77. The topological polar surface area (TPSA) is 32.6 Å². The SMILES string of the molecule is CCCC(C)(O)C(C)=NC.[Lu]. The molecule has 0 aromatic carbocycles. The molecule has 1 atom stereocenters. The number of hydrogen-bond acceptors (Lipinski definition) is 2. The van der Waals surface area contributed by atoms with E-state index in [-0.39, 0.29) is 36.9 Å². The summed E-state index contributed by atoms with van der Waals surface area (Å²) < 4.78 is 0. The van der Waals surface area contributed by atoms with Crippen LogP contribution in [-0.2, 0) is 0 Å². The van der Waals surface area contributed by atoms with Crippen LogP contribution in [0.1, 0.15) is 33.6 Å². The van der Waals surface area contributed by atoms with Crippen LogP contribution >= 0.6 is 0 Å². The molecule has 2 nitrogen and oxygen atoms in total. The fraction of sp³-hybridized carbons (Fsp3) is 0.875. The number of rotatable bonds is 3. The Labute approximate surface area is 98.3 Å². The van der Waals surface area contributed by atoms with E-state index in [0.717, 1.165) is 18.6 Å². The van der Waals surface area contributed by atoms with Gasteiger partial charge in [-0.3, -0.25) is 4.99 Å². The Kier molecular flexibility index (Phi) is 8.36. The minimum Gasteiger partial charge on any atom is -0.384 e. The molecule has 0 fully saturated rings. The smallest absolute Gasteiger partial charge is 0.0991 e. The fourth-order valence-corrected chi connectivity index (χ4v) is 0.909. The summed E-state index contributed by atoms with van der Waals surface area (Å²) in [5.74, 6) is 0. The molecule has 0 saturated heterocycles. The maximum absolute atomic E-state index is 9.65. The van der Waals surface area contributed by atoms with Crippen LogP contribution in [0.4, 0.5) is 0 Å². The standard InChI is InChI=1S/C8H17NO.Lu/c1-5-6-8(3,10)7(2)9-4;/h10H,5-6H2,1-4H3;. The van der Waals surface area contributed by atoms with Gasteiger partial charge in [0.25, 0.3) is 0 Å². The van der Waals surface area contributed by atoms with Crippen LogP contribution < -0.4 is 0 Å². The van der Waals surface area contributed by atoms with E-state index in [9.17, 15) is 5.11 Å². The van der Waals surface area contributed by atoms with Crippen molar-refractivity contribution in [1.29, 1.82) is 0 Å². The second-order valence-electron chi connectivity index (χ2n) is 2.83. The maximum Gasteiger partial charge on any atom is 0.0991 e. The first-order valence-corrected chi connectivity index (χ1v) is 3.71. The van der Waals surface area contributed by atoms with Gasteiger partial charge in [0, 0.05) is 49.6 Å². The Morgan fingerprint density at radius 2 is 2.00 bits per heavy atom. The van der Waals surface area contributed by atoms with Gasteiger partial charge in [-0.2, -0.15) is 0 Å². The average molecular weight is 318 g/mol. The zero-order chi connectivity index (χ0) is 8.20. The van der Waals surface area contributed by atoms with Crippen LogP contribution in [-0.4, -0.2) is 23.5 Å². The number of aliphatic imine (C=N–C) groups is 1. The van der Waals surface area contributed by atoms with Gasteiger partial charge in [0.05, 0.1) is 5.60 Å². The molecule has 0 aromatic heterocycles. The molecule has 0 aliphatic rings. The monoisotopic (exact) mass is 318 g/mol. The zero-order valence-electron chi connectivity index (χ0n) is 7.57. The molecule has 1 unspecified atom stereocenters. The molecule has 0 aliphatic heterocycles. The van der Waals surface area contributed by atoms with Gasteiger partial charge in [0.1, 0.15) is 0 Å². The second-order valence-corrected chi connectivity index (χ2v) is 2.83. The van der Waals surface area contributed by atoms with E-state index in [0.29, 0.717) is 0 Å². The quantitative estimate of drug-likeness (QED) is 0.788. The van der Waals surface area contributed by atoms with Crippen LogP contribution in [0.2, 0.25) is 0 Å². The Balaban J connectivity index is 0. The molecule has 0 bridgehead atoms. The van der Waals surface area contributed by atoms with Crippen molar-refractivity contribution in [3.05, 3.63) is 0 Å². The van der Waals surface area contributed by atoms with E-state index < -0.39 is 5.60 Å². The Hall–Kier alpha value is 0.864. The third-order valence-corrected chi connectivity index (χ3v) is 1.85. The first kappa shape index (κ1) is 14.4. The van der Waals surface area contributed by atoms with Crippen LogP contribution in [0.25, 0.3) is 0 Å². The van der Waals surface area contributed by atoms with Gasteiger partial charge in [0.15, 0.2) is 0 Å². The Bertz CT molecular complexity index is 132. The minimum absolute atomic E-state index is 0. The van der Waals surface area contributed by atoms with E-state index in [4.69, 9.17) is 0 Å². The second kappa shape index (κ2) is 6.39. The molecule has 75 valence electrons. The van der Waals surface area contributed by atoms with E-state index in [1.54, 1.807) is 14.0 Å². The first-order chi connectivity index (χ1) is 4.54. The van der Waals surface area contributed by atoms with Crippen molar-refractivity contribution >= 4 is 5.71 Å². The van der Waals surface area contributed by atoms with Gasteiger partial charge in [-0.1, -0.05) is 13.3 Å². The molecular formula is C8H17LuNO. The molecule has 3 heteroatoms. The van der Waals surface area contributed by atoms with Gasteiger partial charge in [0.2, 0.25) is 0 Å². The third-order valence-electron chi connectivity index (χ3n) is 1.85. The molecule has 0 spiro atoms. The summed E-state index contributed by atoms with van der Waals surface area (Å²) in [4.78, 5) is 3.95. The summed E-state index contributed by atoms with van der Waals surface area (Å²) in [6, 6.07) is 0. The van der Waals surface area contributed by atoms with Gasteiger partial charge in [-0.05, 0) is 20.3 Å². The Morgan fingerprint density at radius 3 is 2.27 bits per heavy atom. The number of nitrogens with zero attached hydrogens (tertiary/aromatic N) is 1. The normalized spacial score (nSPS) is 17.0. The summed E-state index contributed by atoms with van der Waals surface area (Å²) in [5, 5.41) is 9.65. The van der Waals surface area contributed by atoms with E-state index >= 15 is 0 Å².